The van der Waals surface area contributed by atoms with Crippen LogP contribution in [0.4, 0.5) is 5.69 Å². The van der Waals surface area contributed by atoms with Gasteiger partial charge in [0.25, 0.3) is 5.91 Å². The molecule has 1 heterocycles. The summed E-state index contributed by atoms with van der Waals surface area (Å²) in [5, 5.41) is 5.78. The predicted molar refractivity (Wildman–Crippen MR) is 74.3 cm³/mol. The van der Waals surface area contributed by atoms with Gasteiger partial charge in [-0.1, -0.05) is 0 Å². The van der Waals surface area contributed by atoms with Crippen molar-refractivity contribution in [2.45, 2.75) is 12.8 Å². The van der Waals surface area contributed by atoms with Gasteiger partial charge < -0.3 is 15.5 Å². The third-order valence-electron chi connectivity index (χ3n) is 3.18. The number of nitrogens with zero attached hydrogens (tertiary/aromatic N) is 1. The number of hydrogen-bond acceptors (Lipinski definition) is 3. The van der Waals surface area contributed by atoms with Crippen molar-refractivity contribution in [3.63, 3.8) is 0 Å². The smallest absolute Gasteiger partial charge is 0.251 e. The first-order valence-electron chi connectivity index (χ1n) is 6.55. The SMILES string of the molecule is CNCCNC(=O)c1ccc(N2CCCC2=O)cc1. The van der Waals surface area contributed by atoms with E-state index in [1.807, 2.05) is 19.2 Å². The van der Waals surface area contributed by atoms with E-state index in [-0.39, 0.29) is 11.8 Å². The Labute approximate surface area is 113 Å². The van der Waals surface area contributed by atoms with Crippen LogP contribution in [-0.4, -0.2) is 38.5 Å². The van der Waals surface area contributed by atoms with Gasteiger partial charge in [-0.05, 0) is 37.7 Å². The molecule has 0 saturated carbocycles. The highest BCUT2D eigenvalue weighted by atomic mass is 16.2. The first-order valence-corrected chi connectivity index (χ1v) is 6.55. The first-order chi connectivity index (χ1) is 9.22. The van der Waals surface area contributed by atoms with Crippen molar-refractivity contribution in [1.29, 1.82) is 0 Å². The molecule has 1 aliphatic heterocycles. The average Bonchev–Trinajstić information content (AvgIpc) is 2.85. The Morgan fingerprint density at radius 1 is 1.26 bits per heavy atom. The lowest BCUT2D eigenvalue weighted by atomic mass is 10.2. The van der Waals surface area contributed by atoms with E-state index in [9.17, 15) is 9.59 Å². The summed E-state index contributed by atoms with van der Waals surface area (Å²) >= 11 is 0. The van der Waals surface area contributed by atoms with Gasteiger partial charge in [-0.25, -0.2) is 0 Å². The standard InChI is InChI=1S/C14H19N3O2/c1-15-8-9-16-14(19)11-4-6-12(7-5-11)17-10-2-3-13(17)18/h4-7,15H,2-3,8-10H2,1H3,(H,16,19). The molecular weight excluding hydrogens is 242 g/mol. The van der Waals surface area contributed by atoms with Crippen LogP contribution >= 0.6 is 0 Å². The average molecular weight is 261 g/mol. The van der Waals surface area contributed by atoms with Crippen LogP contribution in [0.2, 0.25) is 0 Å². The van der Waals surface area contributed by atoms with Crippen molar-refractivity contribution >= 4 is 17.5 Å². The minimum absolute atomic E-state index is 0.0884. The summed E-state index contributed by atoms with van der Waals surface area (Å²) in [6.45, 7) is 2.11. The van der Waals surface area contributed by atoms with E-state index in [1.54, 1.807) is 17.0 Å². The molecule has 1 aromatic carbocycles. The maximum atomic E-state index is 11.8. The number of hydrogen-bond donors (Lipinski definition) is 2. The molecule has 2 N–H and O–H groups in total. The lowest BCUT2D eigenvalue weighted by molar-refractivity contribution is -0.117. The minimum Gasteiger partial charge on any atom is -0.351 e. The number of anilines is 1. The van der Waals surface area contributed by atoms with E-state index in [0.29, 0.717) is 18.5 Å². The molecule has 0 aliphatic carbocycles. The number of carbonyl (C=O) groups excluding carboxylic acids is 2. The molecule has 2 rings (SSSR count). The highest BCUT2D eigenvalue weighted by Gasteiger charge is 2.21. The molecule has 5 nitrogen and oxygen atoms in total. The Bertz CT molecular complexity index is 456. The number of carbonyl (C=O) groups is 2. The molecule has 1 aromatic rings. The van der Waals surface area contributed by atoms with Crippen LogP contribution in [0.15, 0.2) is 24.3 Å². The number of rotatable bonds is 5. The van der Waals surface area contributed by atoms with E-state index in [1.165, 1.54) is 0 Å². The van der Waals surface area contributed by atoms with Crippen LogP contribution < -0.4 is 15.5 Å². The highest BCUT2D eigenvalue weighted by Crippen LogP contribution is 2.21. The van der Waals surface area contributed by atoms with Crippen LogP contribution in [0.1, 0.15) is 23.2 Å². The molecule has 0 bridgehead atoms. The molecule has 1 aliphatic rings. The van der Waals surface area contributed by atoms with E-state index >= 15 is 0 Å². The second kappa shape index (κ2) is 6.33. The molecule has 0 radical (unpaired) electrons. The molecule has 5 heteroatoms. The Kier molecular flexibility index (Phi) is 4.52. The van der Waals surface area contributed by atoms with Crippen molar-refractivity contribution in [1.82, 2.24) is 10.6 Å². The maximum Gasteiger partial charge on any atom is 0.251 e. The van der Waals surface area contributed by atoms with Gasteiger partial charge in [0.1, 0.15) is 0 Å². The van der Waals surface area contributed by atoms with Gasteiger partial charge in [-0.3, -0.25) is 9.59 Å². The maximum absolute atomic E-state index is 11.8. The summed E-state index contributed by atoms with van der Waals surface area (Å²) in [4.78, 5) is 25.2. The van der Waals surface area contributed by atoms with E-state index in [2.05, 4.69) is 10.6 Å². The second-order valence-electron chi connectivity index (χ2n) is 4.56. The number of likely N-dealkylation sites (N-methyl/N-ethyl adjacent to an activating group) is 1. The van der Waals surface area contributed by atoms with Crippen molar-refractivity contribution < 1.29 is 9.59 Å². The van der Waals surface area contributed by atoms with Gasteiger partial charge >= 0.3 is 0 Å². The topological polar surface area (TPSA) is 61.4 Å². The fourth-order valence-corrected chi connectivity index (χ4v) is 2.12. The number of nitrogens with one attached hydrogen (secondary N) is 2. The van der Waals surface area contributed by atoms with E-state index in [0.717, 1.165) is 25.2 Å². The zero-order valence-corrected chi connectivity index (χ0v) is 11.1. The van der Waals surface area contributed by atoms with Gasteiger partial charge in [0, 0.05) is 37.3 Å². The Balaban J connectivity index is 1.98. The first kappa shape index (κ1) is 13.5. The number of benzene rings is 1. The normalized spacial score (nSPS) is 14.8. The van der Waals surface area contributed by atoms with Crippen LogP contribution in [0.25, 0.3) is 0 Å². The van der Waals surface area contributed by atoms with Crippen LogP contribution in [0, 0.1) is 0 Å². The molecule has 1 saturated heterocycles. The fourth-order valence-electron chi connectivity index (χ4n) is 2.12. The molecule has 2 amide bonds. The molecule has 19 heavy (non-hydrogen) atoms. The summed E-state index contributed by atoms with van der Waals surface area (Å²) < 4.78 is 0. The zero-order chi connectivity index (χ0) is 13.7. The third-order valence-corrected chi connectivity index (χ3v) is 3.18. The predicted octanol–water partition coefficient (Wildman–Crippen LogP) is 0.763. The van der Waals surface area contributed by atoms with Crippen molar-refractivity contribution in [3.8, 4) is 0 Å². The lowest BCUT2D eigenvalue weighted by Gasteiger charge is -2.15. The number of amides is 2. The van der Waals surface area contributed by atoms with Gasteiger partial charge in [0.15, 0.2) is 0 Å². The Morgan fingerprint density at radius 3 is 2.58 bits per heavy atom. The van der Waals surface area contributed by atoms with Crippen LogP contribution in [0.5, 0.6) is 0 Å². The fraction of sp³-hybridized carbons (Fsp3) is 0.429. The summed E-state index contributed by atoms with van der Waals surface area (Å²) in [6, 6.07) is 7.18. The second-order valence-corrected chi connectivity index (χ2v) is 4.56. The zero-order valence-electron chi connectivity index (χ0n) is 11.1. The van der Waals surface area contributed by atoms with Gasteiger partial charge in [-0.15, -0.1) is 0 Å². The van der Waals surface area contributed by atoms with Gasteiger partial charge in [0.05, 0.1) is 0 Å². The van der Waals surface area contributed by atoms with E-state index in [4.69, 9.17) is 0 Å². The molecule has 1 fully saturated rings. The van der Waals surface area contributed by atoms with Gasteiger partial charge in [-0.2, -0.15) is 0 Å². The van der Waals surface area contributed by atoms with Crippen LogP contribution in [-0.2, 0) is 4.79 Å². The van der Waals surface area contributed by atoms with Crippen LogP contribution in [0.3, 0.4) is 0 Å². The molecule has 0 atom stereocenters. The summed E-state index contributed by atoms with van der Waals surface area (Å²) in [6.07, 6.45) is 1.53. The summed E-state index contributed by atoms with van der Waals surface area (Å²) in [7, 11) is 1.84. The van der Waals surface area contributed by atoms with Gasteiger partial charge in [0.2, 0.25) is 5.91 Å². The van der Waals surface area contributed by atoms with E-state index < -0.39 is 0 Å². The third kappa shape index (κ3) is 3.32. The lowest BCUT2D eigenvalue weighted by Crippen LogP contribution is -2.30. The van der Waals surface area contributed by atoms with Crippen molar-refractivity contribution in [2.75, 3.05) is 31.6 Å². The summed E-state index contributed by atoms with van der Waals surface area (Å²) in [5.41, 5.74) is 1.49. The molecule has 0 unspecified atom stereocenters. The monoisotopic (exact) mass is 261 g/mol. The largest absolute Gasteiger partial charge is 0.351 e. The Morgan fingerprint density at radius 2 is 2.00 bits per heavy atom. The highest BCUT2D eigenvalue weighted by molar-refractivity contribution is 5.97. The Hall–Kier alpha value is -1.88. The molecular formula is C14H19N3O2. The summed E-state index contributed by atoms with van der Waals surface area (Å²) in [5.74, 6) is 0.0702. The molecule has 0 aromatic heterocycles. The van der Waals surface area contributed by atoms with Crippen molar-refractivity contribution in [2.24, 2.45) is 0 Å². The molecule has 102 valence electrons. The molecule has 0 spiro atoms. The quantitative estimate of drug-likeness (QED) is 0.769. The van der Waals surface area contributed by atoms with Crippen molar-refractivity contribution in [3.05, 3.63) is 29.8 Å². The minimum atomic E-state index is -0.0884.